The number of ether oxygens (including phenoxy) is 1. The number of rotatable bonds is 1. The van der Waals surface area contributed by atoms with E-state index in [9.17, 15) is 8.78 Å². The fourth-order valence-corrected chi connectivity index (χ4v) is 0.952. The number of anilines is 1. The predicted octanol–water partition coefficient (Wildman–Crippen LogP) is 2.72. The highest BCUT2D eigenvalue weighted by Gasteiger charge is 2.16. The summed E-state index contributed by atoms with van der Waals surface area (Å²) in [6.07, 6.45) is 0. The van der Waals surface area contributed by atoms with E-state index in [1.807, 2.05) is 0 Å². The van der Waals surface area contributed by atoms with Gasteiger partial charge in [-0.25, -0.2) is 8.78 Å². The smallest absolute Gasteiger partial charge is 0.167 e. The summed E-state index contributed by atoms with van der Waals surface area (Å²) in [5.74, 6) is -1.45. The van der Waals surface area contributed by atoms with Crippen LogP contribution in [0.25, 0.3) is 0 Å². The van der Waals surface area contributed by atoms with Gasteiger partial charge < -0.3 is 10.5 Å². The fourth-order valence-electron chi connectivity index (χ4n) is 0.952. The van der Waals surface area contributed by atoms with Crippen molar-refractivity contribution in [2.45, 2.75) is 26.4 Å². The van der Waals surface area contributed by atoms with E-state index in [2.05, 4.69) is 0 Å². The molecule has 1 rings (SSSR count). The van der Waals surface area contributed by atoms with Gasteiger partial charge in [-0.1, -0.05) is 0 Å². The van der Waals surface area contributed by atoms with Crippen LogP contribution in [0.2, 0.25) is 0 Å². The van der Waals surface area contributed by atoms with Gasteiger partial charge in [0.25, 0.3) is 0 Å². The van der Waals surface area contributed by atoms with E-state index in [-0.39, 0.29) is 11.4 Å². The second-order valence-corrected chi connectivity index (χ2v) is 4.02. The second kappa shape index (κ2) is 3.44. The Balaban J connectivity index is 3.04. The van der Waals surface area contributed by atoms with Gasteiger partial charge in [-0.15, -0.1) is 0 Å². The monoisotopic (exact) mass is 201 g/mol. The van der Waals surface area contributed by atoms with Crippen molar-refractivity contribution >= 4 is 5.69 Å². The van der Waals surface area contributed by atoms with Gasteiger partial charge in [0.05, 0.1) is 5.69 Å². The van der Waals surface area contributed by atoms with Crippen LogP contribution in [0.15, 0.2) is 12.1 Å². The normalized spacial score (nSPS) is 11.5. The third-order valence-corrected chi connectivity index (χ3v) is 1.47. The molecule has 78 valence electrons. The molecule has 0 aliphatic rings. The molecule has 0 bridgehead atoms. The van der Waals surface area contributed by atoms with Crippen molar-refractivity contribution < 1.29 is 13.5 Å². The number of nitrogen functional groups attached to an aromatic ring is 1. The molecule has 0 aliphatic carbocycles. The van der Waals surface area contributed by atoms with Crippen molar-refractivity contribution in [1.82, 2.24) is 0 Å². The average Bonchev–Trinajstić information content (AvgIpc) is 1.97. The Morgan fingerprint density at radius 3 is 2.21 bits per heavy atom. The van der Waals surface area contributed by atoms with Crippen LogP contribution in [0.4, 0.5) is 14.5 Å². The molecule has 0 saturated carbocycles. The molecule has 0 fully saturated rings. The van der Waals surface area contributed by atoms with Crippen LogP contribution in [0.5, 0.6) is 5.75 Å². The predicted molar refractivity (Wildman–Crippen MR) is 51.2 cm³/mol. The van der Waals surface area contributed by atoms with Crippen molar-refractivity contribution in [2.24, 2.45) is 0 Å². The Hall–Kier alpha value is -1.32. The molecule has 14 heavy (non-hydrogen) atoms. The van der Waals surface area contributed by atoms with Gasteiger partial charge in [0, 0.05) is 12.1 Å². The zero-order valence-electron chi connectivity index (χ0n) is 8.40. The number of hydrogen-bond acceptors (Lipinski definition) is 2. The highest BCUT2D eigenvalue weighted by molar-refractivity contribution is 5.44. The first kappa shape index (κ1) is 10.8. The molecule has 0 radical (unpaired) electrons. The van der Waals surface area contributed by atoms with Crippen LogP contribution in [0.1, 0.15) is 20.8 Å². The number of nitrogens with two attached hydrogens (primary N) is 1. The molecular weight excluding hydrogens is 188 g/mol. The van der Waals surface area contributed by atoms with Crippen LogP contribution in [-0.2, 0) is 0 Å². The van der Waals surface area contributed by atoms with Gasteiger partial charge in [-0.2, -0.15) is 0 Å². The van der Waals surface area contributed by atoms with Crippen molar-refractivity contribution in [3.05, 3.63) is 23.8 Å². The summed E-state index contributed by atoms with van der Waals surface area (Å²) in [5, 5.41) is 0. The zero-order chi connectivity index (χ0) is 10.9. The summed E-state index contributed by atoms with van der Waals surface area (Å²) in [6, 6.07) is 1.87. The maximum absolute atomic E-state index is 13.2. The number of halogens is 2. The van der Waals surface area contributed by atoms with Crippen LogP contribution in [0, 0.1) is 11.6 Å². The average molecular weight is 201 g/mol. The minimum absolute atomic E-state index is 0.121. The molecule has 1 aromatic rings. The topological polar surface area (TPSA) is 35.2 Å². The molecule has 4 heteroatoms. The molecule has 0 amide bonds. The first-order valence-corrected chi connectivity index (χ1v) is 4.23. The quantitative estimate of drug-likeness (QED) is 0.709. The summed E-state index contributed by atoms with van der Waals surface area (Å²) in [5.41, 5.74) is 4.40. The highest BCUT2D eigenvalue weighted by atomic mass is 19.1. The zero-order valence-corrected chi connectivity index (χ0v) is 8.40. The molecule has 0 saturated heterocycles. The van der Waals surface area contributed by atoms with E-state index in [1.54, 1.807) is 20.8 Å². The summed E-state index contributed by atoms with van der Waals surface area (Å²) in [6.45, 7) is 5.25. The van der Waals surface area contributed by atoms with Gasteiger partial charge in [0.1, 0.15) is 11.4 Å². The van der Waals surface area contributed by atoms with Crippen molar-refractivity contribution in [3.8, 4) is 5.75 Å². The number of benzene rings is 1. The molecular formula is C10H13F2NO. The minimum Gasteiger partial charge on any atom is -0.485 e. The van der Waals surface area contributed by atoms with E-state index in [0.717, 1.165) is 12.1 Å². The lowest BCUT2D eigenvalue weighted by Crippen LogP contribution is -2.23. The first-order chi connectivity index (χ1) is 6.29. The third-order valence-electron chi connectivity index (χ3n) is 1.47. The maximum Gasteiger partial charge on any atom is 0.167 e. The first-order valence-electron chi connectivity index (χ1n) is 4.23. The van der Waals surface area contributed by atoms with Crippen molar-refractivity contribution in [3.63, 3.8) is 0 Å². The van der Waals surface area contributed by atoms with Crippen molar-refractivity contribution in [1.29, 1.82) is 0 Å². The maximum atomic E-state index is 13.2. The molecule has 0 aromatic heterocycles. The minimum atomic E-state index is -0.675. The second-order valence-electron chi connectivity index (χ2n) is 4.02. The lowest BCUT2D eigenvalue weighted by molar-refractivity contribution is 0.124. The molecule has 0 aliphatic heterocycles. The third kappa shape index (κ3) is 2.58. The molecule has 2 nitrogen and oxygen atoms in total. The van der Waals surface area contributed by atoms with Gasteiger partial charge >= 0.3 is 0 Å². The highest BCUT2D eigenvalue weighted by Crippen LogP contribution is 2.26. The van der Waals surface area contributed by atoms with E-state index >= 15 is 0 Å². The Kier molecular flexibility index (Phi) is 2.64. The van der Waals surface area contributed by atoms with E-state index in [0.29, 0.717) is 0 Å². The lowest BCUT2D eigenvalue weighted by Gasteiger charge is -2.21. The van der Waals surface area contributed by atoms with E-state index in [4.69, 9.17) is 10.5 Å². The van der Waals surface area contributed by atoms with E-state index in [1.165, 1.54) is 0 Å². The van der Waals surface area contributed by atoms with E-state index < -0.39 is 17.2 Å². The van der Waals surface area contributed by atoms with Crippen LogP contribution in [-0.4, -0.2) is 5.60 Å². The molecule has 1 aromatic carbocycles. The summed E-state index contributed by atoms with van der Waals surface area (Å²) >= 11 is 0. The summed E-state index contributed by atoms with van der Waals surface area (Å²) in [7, 11) is 0. The van der Waals surface area contributed by atoms with Gasteiger partial charge in [0.15, 0.2) is 11.6 Å². The van der Waals surface area contributed by atoms with Gasteiger partial charge in [0.2, 0.25) is 0 Å². The number of hydrogen-bond donors (Lipinski definition) is 1. The van der Waals surface area contributed by atoms with Crippen LogP contribution in [0.3, 0.4) is 0 Å². The van der Waals surface area contributed by atoms with Crippen LogP contribution < -0.4 is 10.5 Å². The summed E-state index contributed by atoms with van der Waals surface area (Å²) in [4.78, 5) is 0. The van der Waals surface area contributed by atoms with Crippen molar-refractivity contribution in [2.75, 3.05) is 5.73 Å². The molecule has 0 spiro atoms. The molecule has 0 atom stereocenters. The Morgan fingerprint density at radius 2 is 1.71 bits per heavy atom. The Morgan fingerprint density at radius 1 is 1.14 bits per heavy atom. The molecule has 0 unspecified atom stereocenters. The standard InChI is InChI=1S/C10H13F2NO/c1-10(2,3)14-9-5-6(11)8(13)4-7(9)12/h4-5H,13H2,1-3H3. The lowest BCUT2D eigenvalue weighted by atomic mass is 10.2. The Bertz CT molecular complexity index is 345. The van der Waals surface area contributed by atoms with Gasteiger partial charge in [-0.05, 0) is 20.8 Å². The fraction of sp³-hybridized carbons (Fsp3) is 0.400. The SMILES string of the molecule is CC(C)(C)Oc1cc(F)c(N)cc1F. The largest absolute Gasteiger partial charge is 0.485 e. The van der Waals surface area contributed by atoms with Crippen LogP contribution >= 0.6 is 0 Å². The molecule has 0 heterocycles. The Labute approximate surface area is 81.7 Å². The summed E-state index contributed by atoms with van der Waals surface area (Å²) < 4.78 is 31.3. The molecule has 2 N–H and O–H groups in total. The van der Waals surface area contributed by atoms with Gasteiger partial charge in [-0.3, -0.25) is 0 Å².